The van der Waals surface area contributed by atoms with Gasteiger partial charge in [-0.15, -0.1) is 0 Å². The molecule has 21 heavy (non-hydrogen) atoms. The fraction of sp³-hybridized carbons (Fsp3) is 0.0625. The second-order valence-corrected chi connectivity index (χ2v) is 4.42. The summed E-state index contributed by atoms with van der Waals surface area (Å²) < 4.78 is 5.07. The third kappa shape index (κ3) is 2.67. The summed E-state index contributed by atoms with van der Waals surface area (Å²) >= 11 is 0. The van der Waals surface area contributed by atoms with Gasteiger partial charge in [0.15, 0.2) is 0 Å². The number of benzene rings is 2. The van der Waals surface area contributed by atoms with E-state index < -0.39 is 0 Å². The number of carbonyl (C=O) groups is 1. The van der Waals surface area contributed by atoms with Crippen molar-refractivity contribution in [1.29, 1.82) is 0 Å². The Balaban J connectivity index is 1.89. The number of anilines is 1. The smallest absolute Gasteiger partial charge is 0.256 e. The van der Waals surface area contributed by atoms with Crippen molar-refractivity contribution < 1.29 is 9.53 Å². The molecule has 5 nitrogen and oxygen atoms in total. The van der Waals surface area contributed by atoms with E-state index in [0.29, 0.717) is 17.1 Å². The Bertz CT molecular complexity index is 780. The van der Waals surface area contributed by atoms with E-state index in [1.807, 2.05) is 24.3 Å². The van der Waals surface area contributed by atoms with E-state index in [0.717, 1.165) is 10.9 Å². The van der Waals surface area contributed by atoms with Crippen molar-refractivity contribution in [2.45, 2.75) is 0 Å². The summed E-state index contributed by atoms with van der Waals surface area (Å²) in [6.07, 6.45) is 1.44. The van der Waals surface area contributed by atoms with Gasteiger partial charge in [0.25, 0.3) is 5.91 Å². The van der Waals surface area contributed by atoms with Crippen LogP contribution in [0.15, 0.2) is 54.9 Å². The Morgan fingerprint density at radius 1 is 1.05 bits per heavy atom. The number of amides is 1. The molecule has 0 aliphatic heterocycles. The van der Waals surface area contributed by atoms with Crippen molar-refractivity contribution >= 4 is 22.6 Å². The van der Waals surface area contributed by atoms with Crippen LogP contribution in [0.5, 0.6) is 5.75 Å². The fourth-order valence-corrected chi connectivity index (χ4v) is 2.03. The summed E-state index contributed by atoms with van der Waals surface area (Å²) in [7, 11) is 1.59. The zero-order valence-electron chi connectivity index (χ0n) is 11.4. The Labute approximate surface area is 121 Å². The van der Waals surface area contributed by atoms with E-state index in [1.54, 1.807) is 31.4 Å². The standard InChI is InChI=1S/C16H13N3O2/c1-21-12-8-6-11(7-9-12)16(20)19-15-13-4-2-3-5-14(13)17-10-18-15/h2-10H,1H3,(H,17,18,19,20). The Hall–Kier alpha value is -2.95. The predicted octanol–water partition coefficient (Wildman–Crippen LogP) is 2.89. The van der Waals surface area contributed by atoms with Crippen LogP contribution < -0.4 is 10.1 Å². The topological polar surface area (TPSA) is 64.1 Å². The molecule has 0 fully saturated rings. The van der Waals surface area contributed by atoms with Crippen LogP contribution in [0, 0.1) is 0 Å². The van der Waals surface area contributed by atoms with Crippen LogP contribution in [0.1, 0.15) is 10.4 Å². The molecule has 0 aliphatic rings. The number of nitrogens with one attached hydrogen (secondary N) is 1. The summed E-state index contributed by atoms with van der Waals surface area (Å²) in [6, 6.07) is 14.4. The van der Waals surface area contributed by atoms with Crippen molar-refractivity contribution in [3.8, 4) is 5.75 Å². The van der Waals surface area contributed by atoms with Gasteiger partial charge in [-0.1, -0.05) is 12.1 Å². The third-order valence-electron chi connectivity index (χ3n) is 3.13. The van der Waals surface area contributed by atoms with Gasteiger partial charge >= 0.3 is 0 Å². The van der Waals surface area contributed by atoms with E-state index in [2.05, 4.69) is 15.3 Å². The highest BCUT2D eigenvalue weighted by Gasteiger charge is 2.09. The molecule has 0 bridgehead atoms. The minimum Gasteiger partial charge on any atom is -0.497 e. The van der Waals surface area contributed by atoms with Crippen molar-refractivity contribution in [3.05, 3.63) is 60.4 Å². The van der Waals surface area contributed by atoms with Crippen molar-refractivity contribution in [2.24, 2.45) is 0 Å². The lowest BCUT2D eigenvalue weighted by molar-refractivity contribution is 0.102. The second-order valence-electron chi connectivity index (χ2n) is 4.42. The maximum atomic E-state index is 12.2. The summed E-state index contributed by atoms with van der Waals surface area (Å²) in [5.41, 5.74) is 1.33. The molecule has 1 N–H and O–H groups in total. The number of ether oxygens (including phenoxy) is 1. The van der Waals surface area contributed by atoms with Gasteiger partial charge in [0.2, 0.25) is 0 Å². The molecule has 0 saturated heterocycles. The number of aromatic nitrogens is 2. The van der Waals surface area contributed by atoms with Crippen molar-refractivity contribution in [3.63, 3.8) is 0 Å². The normalized spacial score (nSPS) is 10.3. The Morgan fingerprint density at radius 2 is 1.81 bits per heavy atom. The first kappa shape index (κ1) is 13.1. The van der Waals surface area contributed by atoms with Crippen LogP contribution in [-0.4, -0.2) is 23.0 Å². The number of rotatable bonds is 3. The average molecular weight is 279 g/mol. The van der Waals surface area contributed by atoms with Crippen LogP contribution in [0.3, 0.4) is 0 Å². The number of fused-ring (bicyclic) bond motifs is 1. The molecule has 5 heteroatoms. The summed E-state index contributed by atoms with van der Waals surface area (Å²) in [6.45, 7) is 0. The summed E-state index contributed by atoms with van der Waals surface area (Å²) in [5.74, 6) is 0.988. The number of para-hydroxylation sites is 1. The number of hydrogen-bond acceptors (Lipinski definition) is 4. The highest BCUT2D eigenvalue weighted by molar-refractivity contribution is 6.07. The number of carbonyl (C=O) groups excluding carboxylic acids is 1. The molecule has 0 radical (unpaired) electrons. The summed E-state index contributed by atoms with van der Waals surface area (Å²) in [4.78, 5) is 20.5. The van der Waals surface area contributed by atoms with E-state index in [-0.39, 0.29) is 5.91 Å². The highest BCUT2D eigenvalue weighted by Crippen LogP contribution is 2.19. The fourth-order valence-electron chi connectivity index (χ4n) is 2.03. The van der Waals surface area contributed by atoms with Gasteiger partial charge in [-0.3, -0.25) is 4.79 Å². The van der Waals surface area contributed by atoms with E-state index in [1.165, 1.54) is 6.33 Å². The van der Waals surface area contributed by atoms with Gasteiger partial charge in [-0.25, -0.2) is 9.97 Å². The molecule has 0 spiro atoms. The third-order valence-corrected chi connectivity index (χ3v) is 3.13. The minimum absolute atomic E-state index is 0.221. The second kappa shape index (κ2) is 5.58. The zero-order valence-corrected chi connectivity index (χ0v) is 11.4. The molecule has 3 aromatic rings. The molecule has 1 aromatic heterocycles. The summed E-state index contributed by atoms with van der Waals surface area (Å²) in [5, 5.41) is 3.62. The lowest BCUT2D eigenvalue weighted by atomic mass is 10.2. The monoisotopic (exact) mass is 279 g/mol. The predicted molar refractivity (Wildman–Crippen MR) is 80.5 cm³/mol. The molecule has 0 saturated carbocycles. The van der Waals surface area contributed by atoms with Crippen LogP contribution in [-0.2, 0) is 0 Å². The lowest BCUT2D eigenvalue weighted by Gasteiger charge is -2.07. The molecular weight excluding hydrogens is 266 g/mol. The van der Waals surface area contributed by atoms with Gasteiger partial charge in [0, 0.05) is 10.9 Å². The molecule has 1 amide bonds. The highest BCUT2D eigenvalue weighted by atomic mass is 16.5. The average Bonchev–Trinajstić information content (AvgIpc) is 2.55. The van der Waals surface area contributed by atoms with E-state index in [4.69, 9.17) is 4.74 Å². The molecule has 1 heterocycles. The maximum Gasteiger partial charge on any atom is 0.256 e. The van der Waals surface area contributed by atoms with E-state index >= 15 is 0 Å². The van der Waals surface area contributed by atoms with Crippen LogP contribution in [0.25, 0.3) is 10.9 Å². The van der Waals surface area contributed by atoms with Gasteiger partial charge in [0.1, 0.15) is 17.9 Å². The van der Waals surface area contributed by atoms with Crippen LogP contribution in [0.4, 0.5) is 5.82 Å². The number of methoxy groups -OCH3 is 1. The molecule has 2 aromatic carbocycles. The van der Waals surface area contributed by atoms with Crippen molar-refractivity contribution in [2.75, 3.05) is 12.4 Å². The molecule has 0 unspecified atom stereocenters. The zero-order chi connectivity index (χ0) is 14.7. The number of nitrogens with zero attached hydrogens (tertiary/aromatic N) is 2. The quantitative estimate of drug-likeness (QED) is 0.800. The maximum absolute atomic E-state index is 12.2. The Morgan fingerprint density at radius 3 is 2.57 bits per heavy atom. The SMILES string of the molecule is COc1ccc(C(=O)Nc2ncnc3ccccc23)cc1. The molecule has 3 rings (SSSR count). The first-order valence-electron chi connectivity index (χ1n) is 6.43. The first-order chi connectivity index (χ1) is 10.3. The lowest BCUT2D eigenvalue weighted by Crippen LogP contribution is -2.13. The molecule has 0 atom stereocenters. The Kier molecular flexibility index (Phi) is 3.47. The minimum atomic E-state index is -0.221. The van der Waals surface area contributed by atoms with Gasteiger partial charge in [-0.05, 0) is 36.4 Å². The number of hydrogen-bond donors (Lipinski definition) is 1. The largest absolute Gasteiger partial charge is 0.497 e. The molecule has 104 valence electrons. The van der Waals surface area contributed by atoms with Gasteiger partial charge in [-0.2, -0.15) is 0 Å². The van der Waals surface area contributed by atoms with Crippen LogP contribution >= 0.6 is 0 Å². The van der Waals surface area contributed by atoms with Gasteiger partial charge in [0.05, 0.1) is 12.6 Å². The first-order valence-corrected chi connectivity index (χ1v) is 6.43. The van der Waals surface area contributed by atoms with E-state index in [9.17, 15) is 4.79 Å². The van der Waals surface area contributed by atoms with Crippen LogP contribution in [0.2, 0.25) is 0 Å². The molecular formula is C16H13N3O2. The molecule has 0 aliphatic carbocycles. The van der Waals surface area contributed by atoms with Crippen molar-refractivity contribution in [1.82, 2.24) is 9.97 Å². The van der Waals surface area contributed by atoms with Gasteiger partial charge < -0.3 is 10.1 Å².